The van der Waals surface area contributed by atoms with Crippen molar-refractivity contribution in [3.63, 3.8) is 0 Å². The van der Waals surface area contributed by atoms with Crippen LogP contribution >= 0.6 is 0 Å². The quantitative estimate of drug-likeness (QED) is 0.332. The standard InChI is InChI=1S/C29H26N2O7/c1-3-15-37-28(35)20-9-12-22(13-10-20)30-25(32)17-38-29(36)21-11-14-23-24(16-21)27(34)31(26(23)33)18(2)19-7-5-4-6-8-19/h4-14,16,18H,3,15,17H2,1-2H3,(H,30,32)/t18-/m0/s1. The molecule has 4 rings (SSSR count). The Labute approximate surface area is 219 Å². The highest BCUT2D eigenvalue weighted by molar-refractivity contribution is 6.22. The molecule has 0 saturated carbocycles. The molecule has 0 aromatic heterocycles. The van der Waals surface area contributed by atoms with Crippen LogP contribution in [0.4, 0.5) is 5.69 Å². The Morgan fingerprint density at radius 2 is 1.45 bits per heavy atom. The largest absolute Gasteiger partial charge is 0.462 e. The molecular weight excluding hydrogens is 488 g/mol. The third kappa shape index (κ3) is 5.62. The van der Waals surface area contributed by atoms with Gasteiger partial charge in [0.05, 0.1) is 34.9 Å². The van der Waals surface area contributed by atoms with Gasteiger partial charge in [-0.3, -0.25) is 19.3 Å². The van der Waals surface area contributed by atoms with Crippen LogP contribution in [-0.4, -0.2) is 47.8 Å². The van der Waals surface area contributed by atoms with Crippen LogP contribution in [0.25, 0.3) is 0 Å². The molecule has 0 saturated heterocycles. The van der Waals surface area contributed by atoms with Gasteiger partial charge in [-0.2, -0.15) is 0 Å². The summed E-state index contributed by atoms with van der Waals surface area (Å²) in [5, 5.41) is 2.57. The Bertz CT molecular complexity index is 1380. The molecule has 1 atom stereocenters. The molecule has 3 aromatic carbocycles. The van der Waals surface area contributed by atoms with Gasteiger partial charge in [-0.1, -0.05) is 37.3 Å². The van der Waals surface area contributed by atoms with Crippen molar-refractivity contribution in [3.05, 3.63) is 101 Å². The van der Waals surface area contributed by atoms with E-state index in [-0.39, 0.29) is 16.7 Å². The Balaban J connectivity index is 1.35. The number of esters is 2. The second-order valence-electron chi connectivity index (χ2n) is 8.66. The smallest absolute Gasteiger partial charge is 0.338 e. The number of hydrogen-bond acceptors (Lipinski definition) is 7. The average Bonchev–Trinajstić information content (AvgIpc) is 3.19. The fourth-order valence-electron chi connectivity index (χ4n) is 4.00. The topological polar surface area (TPSA) is 119 Å². The molecule has 9 nitrogen and oxygen atoms in total. The third-order valence-corrected chi connectivity index (χ3v) is 6.00. The summed E-state index contributed by atoms with van der Waals surface area (Å²) >= 11 is 0. The molecule has 38 heavy (non-hydrogen) atoms. The highest BCUT2D eigenvalue weighted by Crippen LogP contribution is 2.31. The van der Waals surface area contributed by atoms with Crippen molar-refractivity contribution in [1.29, 1.82) is 0 Å². The summed E-state index contributed by atoms with van der Waals surface area (Å²) in [4.78, 5) is 63.8. The van der Waals surface area contributed by atoms with Crippen LogP contribution in [0.3, 0.4) is 0 Å². The van der Waals surface area contributed by atoms with Crippen molar-refractivity contribution in [3.8, 4) is 0 Å². The molecule has 1 aliphatic rings. The van der Waals surface area contributed by atoms with Gasteiger partial charge in [-0.25, -0.2) is 9.59 Å². The lowest BCUT2D eigenvalue weighted by molar-refractivity contribution is -0.119. The summed E-state index contributed by atoms with van der Waals surface area (Å²) in [6.45, 7) is 3.41. The first kappa shape index (κ1) is 26.3. The van der Waals surface area contributed by atoms with Crippen molar-refractivity contribution in [2.75, 3.05) is 18.5 Å². The van der Waals surface area contributed by atoms with Crippen molar-refractivity contribution in [2.45, 2.75) is 26.3 Å². The second-order valence-corrected chi connectivity index (χ2v) is 8.66. The zero-order valence-electron chi connectivity index (χ0n) is 20.9. The van der Waals surface area contributed by atoms with Gasteiger partial charge < -0.3 is 14.8 Å². The predicted molar refractivity (Wildman–Crippen MR) is 138 cm³/mol. The molecule has 0 spiro atoms. The number of imide groups is 1. The van der Waals surface area contributed by atoms with Crippen LogP contribution in [0.2, 0.25) is 0 Å². The summed E-state index contributed by atoms with van der Waals surface area (Å²) in [7, 11) is 0. The first-order chi connectivity index (χ1) is 18.3. The maximum atomic E-state index is 13.0. The number of nitrogens with one attached hydrogen (secondary N) is 1. The van der Waals surface area contributed by atoms with E-state index in [2.05, 4.69) is 5.32 Å². The number of rotatable bonds is 9. The lowest BCUT2D eigenvalue weighted by atomic mass is 10.1. The summed E-state index contributed by atoms with van der Waals surface area (Å²) in [5.74, 6) is -2.80. The minimum Gasteiger partial charge on any atom is -0.462 e. The monoisotopic (exact) mass is 514 g/mol. The predicted octanol–water partition coefficient (Wildman–Crippen LogP) is 4.41. The lowest BCUT2D eigenvalue weighted by Gasteiger charge is -2.22. The van der Waals surface area contributed by atoms with Crippen LogP contribution in [0.5, 0.6) is 0 Å². The summed E-state index contributed by atoms with van der Waals surface area (Å²) in [6, 6.07) is 18.9. The average molecular weight is 515 g/mol. The molecule has 1 heterocycles. The summed E-state index contributed by atoms with van der Waals surface area (Å²) < 4.78 is 10.2. The number of amides is 3. The first-order valence-electron chi connectivity index (χ1n) is 12.1. The molecule has 0 aliphatic carbocycles. The van der Waals surface area contributed by atoms with E-state index in [1.54, 1.807) is 6.92 Å². The fourth-order valence-corrected chi connectivity index (χ4v) is 4.00. The van der Waals surface area contributed by atoms with Crippen LogP contribution < -0.4 is 5.32 Å². The van der Waals surface area contributed by atoms with Gasteiger partial charge in [-0.05, 0) is 61.4 Å². The van der Waals surface area contributed by atoms with Gasteiger partial charge in [0.25, 0.3) is 17.7 Å². The fraction of sp³-hybridized carbons (Fsp3) is 0.207. The van der Waals surface area contributed by atoms with E-state index in [9.17, 15) is 24.0 Å². The molecule has 9 heteroatoms. The van der Waals surface area contributed by atoms with Gasteiger partial charge in [0, 0.05) is 5.69 Å². The van der Waals surface area contributed by atoms with Gasteiger partial charge in [0.15, 0.2) is 6.61 Å². The minimum absolute atomic E-state index is 0.0434. The zero-order valence-corrected chi connectivity index (χ0v) is 20.9. The van der Waals surface area contributed by atoms with Crippen LogP contribution in [0.15, 0.2) is 72.8 Å². The Morgan fingerprint density at radius 3 is 2.13 bits per heavy atom. The van der Waals surface area contributed by atoms with Gasteiger partial charge in [0.2, 0.25) is 0 Å². The van der Waals surface area contributed by atoms with E-state index in [1.165, 1.54) is 42.5 Å². The SMILES string of the molecule is CCCOC(=O)c1ccc(NC(=O)COC(=O)c2ccc3c(c2)C(=O)N([C@@H](C)c2ccccc2)C3=O)cc1. The van der Waals surface area contributed by atoms with Crippen molar-refractivity contribution < 1.29 is 33.4 Å². The number of carbonyl (C=O) groups is 5. The molecule has 0 unspecified atom stereocenters. The number of nitrogens with zero attached hydrogens (tertiary/aromatic N) is 1. The molecular formula is C29H26N2O7. The van der Waals surface area contributed by atoms with Crippen LogP contribution in [-0.2, 0) is 14.3 Å². The van der Waals surface area contributed by atoms with E-state index in [4.69, 9.17) is 9.47 Å². The molecule has 1 N–H and O–H groups in total. The van der Waals surface area contributed by atoms with E-state index < -0.39 is 42.3 Å². The highest BCUT2D eigenvalue weighted by Gasteiger charge is 2.39. The number of anilines is 1. The molecule has 0 bridgehead atoms. The molecule has 0 fully saturated rings. The number of ether oxygens (including phenoxy) is 2. The van der Waals surface area contributed by atoms with Gasteiger partial charge in [0.1, 0.15) is 0 Å². The summed E-state index contributed by atoms with van der Waals surface area (Å²) in [5.41, 5.74) is 1.92. The van der Waals surface area contributed by atoms with Crippen LogP contribution in [0, 0.1) is 0 Å². The van der Waals surface area contributed by atoms with Crippen molar-refractivity contribution in [2.24, 2.45) is 0 Å². The number of hydrogen-bond donors (Lipinski definition) is 1. The lowest BCUT2D eigenvalue weighted by Crippen LogP contribution is -2.32. The maximum absolute atomic E-state index is 13.0. The van der Waals surface area contributed by atoms with E-state index in [0.717, 1.165) is 10.5 Å². The Morgan fingerprint density at radius 1 is 0.816 bits per heavy atom. The number of fused-ring (bicyclic) bond motifs is 1. The normalized spacial score (nSPS) is 13.1. The molecule has 3 amide bonds. The van der Waals surface area contributed by atoms with Crippen LogP contribution in [0.1, 0.15) is 73.3 Å². The number of benzene rings is 3. The Hall–Kier alpha value is -4.79. The molecule has 3 aromatic rings. The highest BCUT2D eigenvalue weighted by atomic mass is 16.5. The van der Waals surface area contributed by atoms with E-state index in [0.29, 0.717) is 24.3 Å². The molecule has 0 radical (unpaired) electrons. The number of carbonyl (C=O) groups excluding carboxylic acids is 5. The van der Waals surface area contributed by atoms with Crippen molar-refractivity contribution >= 4 is 35.3 Å². The van der Waals surface area contributed by atoms with E-state index in [1.807, 2.05) is 37.3 Å². The molecule has 194 valence electrons. The minimum atomic E-state index is -0.813. The first-order valence-corrected chi connectivity index (χ1v) is 12.1. The van der Waals surface area contributed by atoms with Crippen molar-refractivity contribution in [1.82, 2.24) is 4.90 Å². The zero-order chi connectivity index (χ0) is 27.2. The Kier molecular flexibility index (Phi) is 7.96. The molecule has 1 aliphatic heterocycles. The third-order valence-electron chi connectivity index (χ3n) is 6.00. The van der Waals surface area contributed by atoms with Gasteiger partial charge >= 0.3 is 11.9 Å². The van der Waals surface area contributed by atoms with E-state index >= 15 is 0 Å². The second kappa shape index (κ2) is 11.5. The summed E-state index contributed by atoms with van der Waals surface area (Å²) in [6.07, 6.45) is 0.713. The van der Waals surface area contributed by atoms with Gasteiger partial charge in [-0.15, -0.1) is 0 Å². The maximum Gasteiger partial charge on any atom is 0.338 e.